The zero-order chi connectivity index (χ0) is 22.3. The van der Waals surface area contributed by atoms with E-state index in [9.17, 15) is 0 Å². The minimum atomic E-state index is -0.286. The number of hydrogen-bond acceptors (Lipinski definition) is 4. The molecule has 0 aliphatic carbocycles. The summed E-state index contributed by atoms with van der Waals surface area (Å²) in [6.07, 6.45) is 5.22. The number of rotatable bonds is 4. The van der Waals surface area contributed by atoms with E-state index >= 15 is 4.39 Å². The number of halogens is 1. The fraction of sp³-hybridized carbons (Fsp3) is 0.423. The van der Waals surface area contributed by atoms with E-state index in [1.165, 1.54) is 4.88 Å². The molecule has 0 saturated heterocycles. The summed E-state index contributed by atoms with van der Waals surface area (Å²) in [5.74, 6) is 0.139. The molecule has 31 heavy (non-hydrogen) atoms. The number of thiophene rings is 1. The van der Waals surface area contributed by atoms with Crippen molar-refractivity contribution in [2.45, 2.75) is 66.1 Å². The molecule has 1 unspecified atom stereocenters. The number of ether oxygens (including phenoxy) is 2. The smallest absolute Gasteiger partial charge is 0.165 e. The third-order valence-electron chi connectivity index (χ3n) is 5.72. The quantitative estimate of drug-likeness (QED) is 0.423. The molecule has 0 N–H and O–H groups in total. The van der Waals surface area contributed by atoms with Crippen LogP contribution in [-0.2, 0) is 11.2 Å². The molecule has 0 spiro atoms. The molecule has 0 amide bonds. The van der Waals surface area contributed by atoms with Gasteiger partial charge in [0.25, 0.3) is 0 Å². The molecule has 5 heteroatoms. The highest BCUT2D eigenvalue weighted by molar-refractivity contribution is 7.16. The van der Waals surface area contributed by atoms with Gasteiger partial charge in [0.1, 0.15) is 0 Å². The second-order valence-corrected chi connectivity index (χ2v) is 10.4. The van der Waals surface area contributed by atoms with Crippen LogP contribution in [0.1, 0.15) is 61.8 Å². The normalized spacial score (nSPS) is 14.8. The zero-order valence-corrected chi connectivity index (χ0v) is 20.0. The summed E-state index contributed by atoms with van der Waals surface area (Å²) in [6.45, 7) is 13.1. The van der Waals surface area contributed by atoms with Crippen LogP contribution in [-0.4, -0.2) is 17.2 Å². The lowest BCUT2D eigenvalue weighted by molar-refractivity contribution is -0.0527. The lowest BCUT2D eigenvalue weighted by atomic mass is 9.88. The Morgan fingerprint density at radius 2 is 1.90 bits per heavy atom. The standard InChI is InChI=1S/C26H30FNO2S/c1-15-19-8-7-13-29-24(19)21(27)14-20(15)23-22(16(2)30-26(4,5)6)17(3)31-25(23)18-9-11-28-12-10-18/h9-12,14,16H,7-8,13H2,1-6H3. The van der Waals surface area contributed by atoms with Crippen molar-refractivity contribution < 1.29 is 13.9 Å². The summed E-state index contributed by atoms with van der Waals surface area (Å²) in [7, 11) is 0. The zero-order valence-electron chi connectivity index (χ0n) is 19.1. The second kappa shape index (κ2) is 8.36. The number of pyridine rings is 1. The van der Waals surface area contributed by atoms with Gasteiger partial charge in [-0.15, -0.1) is 11.3 Å². The highest BCUT2D eigenvalue weighted by Crippen LogP contribution is 2.49. The number of benzene rings is 1. The van der Waals surface area contributed by atoms with Gasteiger partial charge >= 0.3 is 0 Å². The Kier molecular flexibility index (Phi) is 5.93. The maximum absolute atomic E-state index is 15.2. The van der Waals surface area contributed by atoms with Crippen LogP contribution in [0.4, 0.5) is 4.39 Å². The molecule has 3 nitrogen and oxygen atoms in total. The molecule has 0 saturated carbocycles. The van der Waals surface area contributed by atoms with E-state index in [1.807, 2.05) is 12.1 Å². The van der Waals surface area contributed by atoms with Gasteiger partial charge < -0.3 is 9.47 Å². The largest absolute Gasteiger partial charge is 0.490 e. The van der Waals surface area contributed by atoms with Crippen LogP contribution >= 0.6 is 11.3 Å². The average molecular weight is 440 g/mol. The lowest BCUT2D eigenvalue weighted by Gasteiger charge is -2.27. The fourth-order valence-corrected chi connectivity index (χ4v) is 5.79. The van der Waals surface area contributed by atoms with Gasteiger partial charge in [-0.3, -0.25) is 4.98 Å². The van der Waals surface area contributed by atoms with E-state index in [1.54, 1.807) is 29.8 Å². The Morgan fingerprint density at radius 3 is 2.58 bits per heavy atom. The molecule has 1 aromatic carbocycles. The number of nitrogens with zero attached hydrogens (tertiary/aromatic N) is 1. The molecule has 3 aromatic rings. The topological polar surface area (TPSA) is 31.4 Å². The van der Waals surface area contributed by atoms with Gasteiger partial charge in [-0.2, -0.15) is 0 Å². The first-order valence-corrected chi connectivity index (χ1v) is 11.7. The Morgan fingerprint density at radius 1 is 1.19 bits per heavy atom. The summed E-state index contributed by atoms with van der Waals surface area (Å²) < 4.78 is 27.2. The molecular formula is C26H30FNO2S. The molecule has 0 bridgehead atoms. The predicted molar refractivity (Wildman–Crippen MR) is 125 cm³/mol. The first-order chi connectivity index (χ1) is 14.7. The number of aromatic nitrogens is 1. The fourth-order valence-electron chi connectivity index (χ4n) is 4.53. The van der Waals surface area contributed by atoms with Crippen molar-refractivity contribution in [3.63, 3.8) is 0 Å². The number of fused-ring (bicyclic) bond motifs is 1. The molecular weight excluding hydrogens is 409 g/mol. The monoisotopic (exact) mass is 439 g/mol. The highest BCUT2D eigenvalue weighted by Gasteiger charge is 2.29. The number of hydrogen-bond donors (Lipinski definition) is 0. The Labute approximate surface area is 188 Å². The van der Waals surface area contributed by atoms with Gasteiger partial charge in [-0.05, 0) is 89.3 Å². The third-order valence-corrected chi connectivity index (χ3v) is 6.89. The van der Waals surface area contributed by atoms with E-state index in [-0.39, 0.29) is 17.5 Å². The second-order valence-electron chi connectivity index (χ2n) is 9.18. The van der Waals surface area contributed by atoms with Crippen molar-refractivity contribution in [1.29, 1.82) is 0 Å². The van der Waals surface area contributed by atoms with E-state index in [2.05, 4.69) is 46.5 Å². The van der Waals surface area contributed by atoms with Crippen molar-refractivity contribution in [1.82, 2.24) is 4.98 Å². The van der Waals surface area contributed by atoms with Crippen molar-refractivity contribution in [2.75, 3.05) is 6.61 Å². The van der Waals surface area contributed by atoms with Crippen molar-refractivity contribution in [2.24, 2.45) is 0 Å². The molecule has 1 aliphatic heterocycles. The summed E-state index contributed by atoms with van der Waals surface area (Å²) in [5, 5.41) is 0. The van der Waals surface area contributed by atoms with E-state index in [0.717, 1.165) is 51.1 Å². The summed E-state index contributed by atoms with van der Waals surface area (Å²) >= 11 is 1.73. The van der Waals surface area contributed by atoms with Crippen molar-refractivity contribution in [3.8, 4) is 27.3 Å². The van der Waals surface area contributed by atoms with E-state index < -0.39 is 0 Å². The van der Waals surface area contributed by atoms with Gasteiger partial charge in [-0.1, -0.05) is 0 Å². The predicted octanol–water partition coefficient (Wildman–Crippen LogP) is 7.43. The molecule has 3 heterocycles. The van der Waals surface area contributed by atoms with E-state index in [4.69, 9.17) is 9.47 Å². The van der Waals surface area contributed by atoms with Crippen molar-refractivity contribution in [3.05, 3.63) is 58.0 Å². The average Bonchev–Trinajstić information content (AvgIpc) is 3.07. The third kappa shape index (κ3) is 4.26. The van der Waals surface area contributed by atoms with Crippen LogP contribution in [0.5, 0.6) is 5.75 Å². The van der Waals surface area contributed by atoms with Gasteiger partial charge in [0.15, 0.2) is 11.6 Å². The summed E-state index contributed by atoms with van der Waals surface area (Å²) in [4.78, 5) is 6.49. The Hall–Kier alpha value is -2.24. The molecule has 4 rings (SSSR count). The van der Waals surface area contributed by atoms with Crippen LogP contribution in [0.2, 0.25) is 0 Å². The minimum absolute atomic E-state index is 0.128. The Balaban J connectivity index is 1.99. The SMILES string of the molecule is Cc1sc(-c2ccncc2)c(-c2cc(F)c3c(c2C)CCCO3)c1C(C)OC(C)(C)C. The van der Waals surface area contributed by atoms with Gasteiger partial charge in [0, 0.05) is 38.8 Å². The van der Waals surface area contributed by atoms with Gasteiger partial charge in [-0.25, -0.2) is 4.39 Å². The highest BCUT2D eigenvalue weighted by atomic mass is 32.1. The molecule has 0 fully saturated rings. The van der Waals surface area contributed by atoms with Crippen LogP contribution in [0, 0.1) is 19.7 Å². The maximum Gasteiger partial charge on any atom is 0.165 e. The summed E-state index contributed by atoms with van der Waals surface area (Å²) in [6, 6.07) is 5.68. The summed E-state index contributed by atoms with van der Waals surface area (Å²) in [5.41, 5.74) is 6.00. The molecule has 1 atom stereocenters. The molecule has 164 valence electrons. The van der Waals surface area contributed by atoms with Crippen LogP contribution < -0.4 is 4.74 Å². The minimum Gasteiger partial charge on any atom is -0.490 e. The van der Waals surface area contributed by atoms with Gasteiger partial charge in [0.2, 0.25) is 0 Å². The number of aryl methyl sites for hydroxylation is 1. The van der Waals surface area contributed by atoms with Crippen LogP contribution in [0.3, 0.4) is 0 Å². The van der Waals surface area contributed by atoms with Crippen LogP contribution in [0.15, 0.2) is 30.6 Å². The van der Waals surface area contributed by atoms with Gasteiger partial charge in [0.05, 0.1) is 18.3 Å². The first kappa shape index (κ1) is 22.0. The lowest BCUT2D eigenvalue weighted by Crippen LogP contribution is -2.21. The van der Waals surface area contributed by atoms with Crippen molar-refractivity contribution >= 4 is 11.3 Å². The first-order valence-electron chi connectivity index (χ1n) is 10.8. The molecule has 0 radical (unpaired) electrons. The maximum atomic E-state index is 15.2. The van der Waals surface area contributed by atoms with E-state index in [0.29, 0.717) is 12.4 Å². The van der Waals surface area contributed by atoms with Crippen LogP contribution in [0.25, 0.3) is 21.6 Å². The Bertz CT molecular complexity index is 1100. The molecule has 2 aromatic heterocycles. The molecule has 1 aliphatic rings.